The van der Waals surface area contributed by atoms with Crippen molar-refractivity contribution in [3.05, 3.63) is 71.8 Å². The smallest absolute Gasteiger partial charge is 0.0451 e. The van der Waals surface area contributed by atoms with Crippen LogP contribution in [0.1, 0.15) is 17.2 Å². The molecule has 0 aromatic heterocycles. The van der Waals surface area contributed by atoms with E-state index in [1.807, 2.05) is 48.5 Å². The highest BCUT2D eigenvalue weighted by Gasteiger charge is 2.15. The van der Waals surface area contributed by atoms with E-state index in [9.17, 15) is 0 Å². The van der Waals surface area contributed by atoms with Crippen LogP contribution in [-0.4, -0.2) is 6.04 Å². The Morgan fingerprint density at radius 3 is 1.88 bits per heavy atom. The number of rotatable bonds is 4. The van der Waals surface area contributed by atoms with E-state index in [1.54, 1.807) is 0 Å². The molecular formula is C15H18N2. The molecule has 17 heavy (non-hydrogen) atoms. The molecule has 2 aromatic carbocycles. The molecule has 0 aliphatic carbocycles. The third-order valence-electron chi connectivity index (χ3n) is 2.96. The standard InChI is InChI=1S/C15H18N2/c16-14(11-12-7-3-1-4-8-12)15(17)13-9-5-2-6-10-13/h1-10,14-15H,11,16-17H2/t14-,15+/m0/s1. The van der Waals surface area contributed by atoms with Gasteiger partial charge in [0.15, 0.2) is 0 Å². The lowest BCUT2D eigenvalue weighted by molar-refractivity contribution is 0.544. The molecule has 88 valence electrons. The first-order chi connectivity index (χ1) is 8.27. The molecule has 0 fully saturated rings. The molecule has 2 heteroatoms. The van der Waals surface area contributed by atoms with Crippen molar-refractivity contribution in [2.75, 3.05) is 0 Å². The fraction of sp³-hybridized carbons (Fsp3) is 0.200. The van der Waals surface area contributed by atoms with Crippen molar-refractivity contribution in [3.63, 3.8) is 0 Å². The van der Waals surface area contributed by atoms with Gasteiger partial charge in [0.2, 0.25) is 0 Å². The second kappa shape index (κ2) is 5.62. The number of nitrogens with two attached hydrogens (primary N) is 2. The van der Waals surface area contributed by atoms with Crippen LogP contribution in [0.5, 0.6) is 0 Å². The highest BCUT2D eigenvalue weighted by atomic mass is 14.8. The van der Waals surface area contributed by atoms with E-state index in [2.05, 4.69) is 12.1 Å². The first-order valence-electron chi connectivity index (χ1n) is 5.87. The molecule has 2 nitrogen and oxygen atoms in total. The van der Waals surface area contributed by atoms with E-state index in [1.165, 1.54) is 5.56 Å². The summed E-state index contributed by atoms with van der Waals surface area (Å²) in [7, 11) is 0. The fourth-order valence-electron chi connectivity index (χ4n) is 1.94. The van der Waals surface area contributed by atoms with Crippen LogP contribution in [0.3, 0.4) is 0 Å². The summed E-state index contributed by atoms with van der Waals surface area (Å²) in [6.45, 7) is 0. The summed E-state index contributed by atoms with van der Waals surface area (Å²) in [6.07, 6.45) is 0.802. The quantitative estimate of drug-likeness (QED) is 0.840. The van der Waals surface area contributed by atoms with Crippen molar-refractivity contribution in [1.29, 1.82) is 0 Å². The Morgan fingerprint density at radius 1 is 0.765 bits per heavy atom. The molecule has 2 atom stereocenters. The second-order valence-electron chi connectivity index (χ2n) is 4.29. The maximum atomic E-state index is 6.16. The van der Waals surface area contributed by atoms with Crippen molar-refractivity contribution in [2.24, 2.45) is 11.5 Å². The maximum Gasteiger partial charge on any atom is 0.0451 e. The van der Waals surface area contributed by atoms with Gasteiger partial charge < -0.3 is 11.5 Å². The molecule has 0 saturated carbocycles. The minimum absolute atomic E-state index is 0.0557. The minimum Gasteiger partial charge on any atom is -0.326 e. The predicted octanol–water partition coefficient (Wildman–Crippen LogP) is 2.26. The molecule has 0 saturated heterocycles. The first-order valence-corrected chi connectivity index (χ1v) is 5.87. The topological polar surface area (TPSA) is 52.0 Å². The van der Waals surface area contributed by atoms with Gasteiger partial charge in [-0.25, -0.2) is 0 Å². The van der Waals surface area contributed by atoms with Gasteiger partial charge in [0.25, 0.3) is 0 Å². The fourth-order valence-corrected chi connectivity index (χ4v) is 1.94. The lowest BCUT2D eigenvalue weighted by atomic mass is 9.95. The largest absolute Gasteiger partial charge is 0.326 e. The van der Waals surface area contributed by atoms with E-state index < -0.39 is 0 Å². The first kappa shape index (κ1) is 11.8. The number of hydrogen-bond donors (Lipinski definition) is 2. The predicted molar refractivity (Wildman–Crippen MR) is 71.5 cm³/mol. The van der Waals surface area contributed by atoms with Crippen LogP contribution in [0.4, 0.5) is 0 Å². The lowest BCUT2D eigenvalue weighted by Crippen LogP contribution is -2.35. The average Bonchev–Trinajstić information content (AvgIpc) is 2.40. The highest BCUT2D eigenvalue weighted by Crippen LogP contribution is 2.15. The van der Waals surface area contributed by atoms with Crippen molar-refractivity contribution in [3.8, 4) is 0 Å². The normalized spacial score (nSPS) is 14.2. The van der Waals surface area contributed by atoms with Gasteiger partial charge in [0.05, 0.1) is 0 Å². The third-order valence-corrected chi connectivity index (χ3v) is 2.96. The Hall–Kier alpha value is -1.64. The Labute approximate surface area is 102 Å². The van der Waals surface area contributed by atoms with Gasteiger partial charge in [-0.1, -0.05) is 60.7 Å². The maximum absolute atomic E-state index is 6.16. The molecule has 0 spiro atoms. The molecule has 0 amide bonds. The summed E-state index contributed by atoms with van der Waals surface area (Å²) in [5, 5.41) is 0. The molecule has 0 aliphatic heterocycles. The van der Waals surface area contributed by atoms with Gasteiger partial charge in [-0.3, -0.25) is 0 Å². The van der Waals surface area contributed by atoms with E-state index in [-0.39, 0.29) is 12.1 Å². The highest BCUT2D eigenvalue weighted by molar-refractivity contribution is 5.22. The molecule has 0 heterocycles. The van der Waals surface area contributed by atoms with Crippen LogP contribution in [0.15, 0.2) is 60.7 Å². The van der Waals surface area contributed by atoms with Crippen LogP contribution >= 0.6 is 0 Å². The van der Waals surface area contributed by atoms with Crippen molar-refractivity contribution in [1.82, 2.24) is 0 Å². The van der Waals surface area contributed by atoms with Gasteiger partial charge in [-0.15, -0.1) is 0 Å². The third kappa shape index (κ3) is 3.16. The van der Waals surface area contributed by atoms with Crippen LogP contribution in [0.25, 0.3) is 0 Å². The Balaban J connectivity index is 2.03. The van der Waals surface area contributed by atoms with E-state index in [4.69, 9.17) is 11.5 Å². The van der Waals surface area contributed by atoms with Crippen LogP contribution in [-0.2, 0) is 6.42 Å². The summed E-state index contributed by atoms with van der Waals surface area (Å²) in [5.41, 5.74) is 14.6. The number of hydrogen-bond acceptors (Lipinski definition) is 2. The number of benzene rings is 2. The molecular weight excluding hydrogens is 208 g/mol. The van der Waals surface area contributed by atoms with Crippen molar-refractivity contribution >= 4 is 0 Å². The Kier molecular flexibility index (Phi) is 3.91. The van der Waals surface area contributed by atoms with Crippen LogP contribution < -0.4 is 11.5 Å². The monoisotopic (exact) mass is 226 g/mol. The van der Waals surface area contributed by atoms with E-state index >= 15 is 0 Å². The Bertz CT molecular complexity index is 439. The molecule has 2 aromatic rings. The van der Waals surface area contributed by atoms with Crippen LogP contribution in [0.2, 0.25) is 0 Å². The molecule has 2 rings (SSSR count). The van der Waals surface area contributed by atoms with Gasteiger partial charge in [0, 0.05) is 12.1 Å². The molecule has 0 radical (unpaired) electrons. The molecule has 0 aliphatic rings. The zero-order valence-corrected chi connectivity index (χ0v) is 9.79. The summed E-state index contributed by atoms with van der Waals surface area (Å²) in [6, 6.07) is 20.1. The van der Waals surface area contributed by atoms with Gasteiger partial charge >= 0.3 is 0 Å². The summed E-state index contributed by atoms with van der Waals surface area (Å²) < 4.78 is 0. The lowest BCUT2D eigenvalue weighted by Gasteiger charge is -2.20. The summed E-state index contributed by atoms with van der Waals surface area (Å²) in [5.74, 6) is 0. The zero-order valence-electron chi connectivity index (χ0n) is 9.79. The average molecular weight is 226 g/mol. The molecule has 0 unspecified atom stereocenters. The van der Waals surface area contributed by atoms with Gasteiger partial charge in [-0.05, 0) is 17.5 Å². The second-order valence-corrected chi connectivity index (χ2v) is 4.29. The SMILES string of the molecule is N[C@H](c1ccccc1)[C@@H](N)Cc1ccccc1. The van der Waals surface area contributed by atoms with Crippen LogP contribution in [0, 0.1) is 0 Å². The minimum atomic E-state index is -0.114. The van der Waals surface area contributed by atoms with Gasteiger partial charge in [0.1, 0.15) is 0 Å². The van der Waals surface area contributed by atoms with Crippen molar-refractivity contribution < 1.29 is 0 Å². The van der Waals surface area contributed by atoms with Gasteiger partial charge in [-0.2, -0.15) is 0 Å². The zero-order chi connectivity index (χ0) is 12.1. The molecule has 4 N–H and O–H groups in total. The molecule has 0 bridgehead atoms. The van der Waals surface area contributed by atoms with Crippen molar-refractivity contribution in [2.45, 2.75) is 18.5 Å². The van der Waals surface area contributed by atoms with E-state index in [0.717, 1.165) is 12.0 Å². The Morgan fingerprint density at radius 2 is 1.29 bits per heavy atom. The summed E-state index contributed by atoms with van der Waals surface area (Å²) >= 11 is 0. The van der Waals surface area contributed by atoms with E-state index in [0.29, 0.717) is 0 Å². The summed E-state index contributed by atoms with van der Waals surface area (Å²) in [4.78, 5) is 0.